The van der Waals surface area contributed by atoms with Gasteiger partial charge in [-0.05, 0) is 31.2 Å². The molecule has 0 aromatic rings. The molecule has 3 fully saturated rings. The van der Waals surface area contributed by atoms with Crippen LogP contribution in [0, 0.1) is 11.8 Å². The number of rotatable bonds is 2. The Morgan fingerprint density at radius 3 is 2.83 bits per heavy atom. The summed E-state index contributed by atoms with van der Waals surface area (Å²) in [5, 5.41) is 9.13. The zero-order chi connectivity index (χ0) is 8.55. The standard InChI is InChI=1S/C10H19NO/c1-2-8-6-11-4-3-9(8)5-10(11)7-12/h8-10,12H,2-7H2,1H3/t8-,9-,10-/m0/s1. The summed E-state index contributed by atoms with van der Waals surface area (Å²) in [5.41, 5.74) is 0. The Bertz CT molecular complexity index is 142. The molecular weight excluding hydrogens is 150 g/mol. The van der Waals surface area contributed by atoms with Crippen LogP contribution in [0.2, 0.25) is 0 Å². The lowest BCUT2D eigenvalue weighted by Gasteiger charge is -2.49. The monoisotopic (exact) mass is 169 g/mol. The third kappa shape index (κ3) is 1.27. The Kier molecular flexibility index (Phi) is 2.37. The number of fused-ring (bicyclic) bond motifs is 3. The van der Waals surface area contributed by atoms with Gasteiger partial charge in [-0.2, -0.15) is 0 Å². The number of hydrogen-bond acceptors (Lipinski definition) is 2. The van der Waals surface area contributed by atoms with E-state index in [4.69, 9.17) is 5.11 Å². The van der Waals surface area contributed by atoms with Gasteiger partial charge in [0.05, 0.1) is 6.61 Å². The van der Waals surface area contributed by atoms with Crippen molar-refractivity contribution in [1.82, 2.24) is 4.90 Å². The zero-order valence-corrected chi connectivity index (χ0v) is 7.87. The first-order chi connectivity index (χ1) is 5.85. The molecule has 3 saturated heterocycles. The van der Waals surface area contributed by atoms with Crippen molar-refractivity contribution in [3.05, 3.63) is 0 Å². The van der Waals surface area contributed by atoms with Gasteiger partial charge in [0, 0.05) is 12.6 Å². The molecule has 3 aliphatic rings. The predicted molar refractivity (Wildman–Crippen MR) is 49.0 cm³/mol. The summed E-state index contributed by atoms with van der Waals surface area (Å²) in [6, 6.07) is 0.492. The molecule has 3 rings (SSSR count). The number of nitrogens with zero attached hydrogens (tertiary/aromatic N) is 1. The van der Waals surface area contributed by atoms with E-state index in [1.165, 1.54) is 32.4 Å². The van der Waals surface area contributed by atoms with Gasteiger partial charge in [0.1, 0.15) is 0 Å². The van der Waals surface area contributed by atoms with Crippen LogP contribution in [0.25, 0.3) is 0 Å². The van der Waals surface area contributed by atoms with Crippen molar-refractivity contribution in [3.63, 3.8) is 0 Å². The summed E-state index contributed by atoms with van der Waals surface area (Å²) in [6.45, 7) is 5.13. The molecular formula is C10H19NO. The van der Waals surface area contributed by atoms with Crippen molar-refractivity contribution in [3.8, 4) is 0 Å². The molecule has 3 aliphatic heterocycles. The second-order valence-electron chi connectivity index (χ2n) is 4.28. The normalized spacial score (nSPS) is 46.5. The lowest BCUT2D eigenvalue weighted by atomic mass is 9.75. The topological polar surface area (TPSA) is 23.5 Å². The van der Waals surface area contributed by atoms with Crippen LogP contribution in [0.15, 0.2) is 0 Å². The maximum atomic E-state index is 9.13. The summed E-state index contributed by atoms with van der Waals surface area (Å²) >= 11 is 0. The van der Waals surface area contributed by atoms with Crippen LogP contribution >= 0.6 is 0 Å². The Labute approximate surface area is 74.6 Å². The average molecular weight is 169 g/mol. The third-order valence-corrected chi connectivity index (χ3v) is 3.75. The number of hydrogen-bond donors (Lipinski definition) is 1. The SMILES string of the molecule is CC[C@H]1CN2CC[C@H]1C[C@H]2CO. The van der Waals surface area contributed by atoms with E-state index in [0.29, 0.717) is 12.6 Å². The zero-order valence-electron chi connectivity index (χ0n) is 7.87. The Morgan fingerprint density at radius 1 is 1.50 bits per heavy atom. The van der Waals surface area contributed by atoms with E-state index in [1.807, 2.05) is 0 Å². The minimum absolute atomic E-state index is 0.368. The molecule has 1 N–H and O–H groups in total. The van der Waals surface area contributed by atoms with Gasteiger partial charge in [-0.1, -0.05) is 13.3 Å². The molecule has 2 heteroatoms. The summed E-state index contributed by atoms with van der Waals surface area (Å²) in [4.78, 5) is 2.48. The molecule has 0 radical (unpaired) electrons. The summed E-state index contributed by atoms with van der Waals surface area (Å²) in [6.07, 6.45) is 3.93. The van der Waals surface area contributed by atoms with Crippen LogP contribution in [0.4, 0.5) is 0 Å². The first-order valence-corrected chi connectivity index (χ1v) is 5.20. The fourth-order valence-corrected chi connectivity index (χ4v) is 2.90. The maximum Gasteiger partial charge on any atom is 0.0586 e. The van der Waals surface area contributed by atoms with Crippen molar-refractivity contribution >= 4 is 0 Å². The number of piperidine rings is 3. The lowest BCUT2D eigenvalue weighted by Crippen LogP contribution is -2.54. The smallest absolute Gasteiger partial charge is 0.0586 e. The van der Waals surface area contributed by atoms with E-state index < -0.39 is 0 Å². The van der Waals surface area contributed by atoms with E-state index >= 15 is 0 Å². The van der Waals surface area contributed by atoms with Crippen LogP contribution < -0.4 is 0 Å². The highest BCUT2D eigenvalue weighted by molar-refractivity contribution is 4.91. The number of aliphatic hydroxyl groups excluding tert-OH is 1. The van der Waals surface area contributed by atoms with E-state index in [0.717, 1.165) is 11.8 Å². The summed E-state index contributed by atoms with van der Waals surface area (Å²) in [5.74, 6) is 1.83. The molecule has 70 valence electrons. The number of aliphatic hydroxyl groups is 1. The van der Waals surface area contributed by atoms with Crippen molar-refractivity contribution in [2.24, 2.45) is 11.8 Å². The molecule has 3 heterocycles. The van der Waals surface area contributed by atoms with E-state index in [-0.39, 0.29) is 0 Å². The molecule has 12 heavy (non-hydrogen) atoms. The maximum absolute atomic E-state index is 9.13. The minimum atomic E-state index is 0.368. The quantitative estimate of drug-likeness (QED) is 0.669. The van der Waals surface area contributed by atoms with E-state index in [2.05, 4.69) is 11.8 Å². The summed E-state index contributed by atoms with van der Waals surface area (Å²) < 4.78 is 0. The first kappa shape index (κ1) is 8.52. The second kappa shape index (κ2) is 3.35. The molecule has 4 atom stereocenters. The van der Waals surface area contributed by atoms with Gasteiger partial charge in [-0.3, -0.25) is 4.90 Å². The Balaban J connectivity index is 2.01. The van der Waals surface area contributed by atoms with Crippen molar-refractivity contribution in [1.29, 1.82) is 0 Å². The minimum Gasteiger partial charge on any atom is -0.395 e. The molecule has 0 aliphatic carbocycles. The van der Waals surface area contributed by atoms with Crippen LogP contribution in [0.3, 0.4) is 0 Å². The van der Waals surface area contributed by atoms with Crippen LogP contribution in [-0.2, 0) is 0 Å². The molecule has 2 bridgehead atoms. The fourth-order valence-electron chi connectivity index (χ4n) is 2.90. The van der Waals surface area contributed by atoms with Crippen LogP contribution in [-0.4, -0.2) is 35.7 Å². The van der Waals surface area contributed by atoms with Gasteiger partial charge in [0.15, 0.2) is 0 Å². The molecule has 0 aromatic carbocycles. The van der Waals surface area contributed by atoms with Gasteiger partial charge in [0.2, 0.25) is 0 Å². The van der Waals surface area contributed by atoms with E-state index in [9.17, 15) is 0 Å². The third-order valence-electron chi connectivity index (χ3n) is 3.75. The molecule has 2 nitrogen and oxygen atoms in total. The molecule has 0 amide bonds. The summed E-state index contributed by atoms with van der Waals surface area (Å²) in [7, 11) is 0. The molecule has 0 saturated carbocycles. The highest BCUT2D eigenvalue weighted by atomic mass is 16.3. The highest BCUT2D eigenvalue weighted by Crippen LogP contribution is 2.37. The van der Waals surface area contributed by atoms with Crippen LogP contribution in [0.5, 0.6) is 0 Å². The predicted octanol–water partition coefficient (Wildman–Crippen LogP) is 1.10. The van der Waals surface area contributed by atoms with Gasteiger partial charge < -0.3 is 5.11 Å². The molecule has 1 unspecified atom stereocenters. The Morgan fingerprint density at radius 2 is 2.33 bits per heavy atom. The molecule has 0 spiro atoms. The Hall–Kier alpha value is -0.0800. The van der Waals surface area contributed by atoms with Crippen LogP contribution in [0.1, 0.15) is 26.2 Å². The van der Waals surface area contributed by atoms with Crippen molar-refractivity contribution in [2.75, 3.05) is 19.7 Å². The average Bonchev–Trinajstić information content (AvgIpc) is 2.18. The van der Waals surface area contributed by atoms with Crippen molar-refractivity contribution in [2.45, 2.75) is 32.2 Å². The van der Waals surface area contributed by atoms with Crippen molar-refractivity contribution < 1.29 is 5.11 Å². The fraction of sp³-hybridized carbons (Fsp3) is 1.00. The van der Waals surface area contributed by atoms with Gasteiger partial charge >= 0.3 is 0 Å². The highest BCUT2D eigenvalue weighted by Gasteiger charge is 2.38. The second-order valence-corrected chi connectivity index (χ2v) is 4.28. The lowest BCUT2D eigenvalue weighted by molar-refractivity contribution is -0.0220. The van der Waals surface area contributed by atoms with Gasteiger partial charge in [-0.15, -0.1) is 0 Å². The molecule has 0 aromatic heterocycles. The van der Waals surface area contributed by atoms with E-state index in [1.54, 1.807) is 0 Å². The van der Waals surface area contributed by atoms with Gasteiger partial charge in [-0.25, -0.2) is 0 Å². The first-order valence-electron chi connectivity index (χ1n) is 5.20. The van der Waals surface area contributed by atoms with Gasteiger partial charge in [0.25, 0.3) is 0 Å². The largest absolute Gasteiger partial charge is 0.395 e.